The van der Waals surface area contributed by atoms with Gasteiger partial charge in [0.15, 0.2) is 0 Å². The van der Waals surface area contributed by atoms with E-state index in [-0.39, 0.29) is 5.71 Å². The Labute approximate surface area is 85.4 Å². The molecule has 0 spiro atoms. The van der Waals surface area contributed by atoms with Crippen LogP contribution in [0.25, 0.3) is 0 Å². The van der Waals surface area contributed by atoms with Gasteiger partial charge in [-0.2, -0.15) is 10.1 Å². The van der Waals surface area contributed by atoms with E-state index in [1.807, 2.05) is 0 Å². The number of rotatable bonds is 1. The maximum atomic E-state index is 13.2. The highest BCUT2D eigenvalue weighted by atomic mass is 19.1. The Balaban J connectivity index is 2.37. The number of nitrogens with zero attached hydrogens (tertiary/aromatic N) is 3. The van der Waals surface area contributed by atoms with Crippen molar-refractivity contribution in [2.75, 3.05) is 10.7 Å². The molecule has 1 aliphatic rings. The predicted molar refractivity (Wildman–Crippen MR) is 54.1 cm³/mol. The summed E-state index contributed by atoms with van der Waals surface area (Å²) < 4.78 is 13.2. The summed E-state index contributed by atoms with van der Waals surface area (Å²) in [5.41, 5.74) is 6.41. The molecule has 6 heteroatoms. The maximum Gasteiger partial charge on any atom is 0.287 e. The average molecular weight is 208 g/mol. The van der Waals surface area contributed by atoms with E-state index in [0.717, 1.165) is 5.01 Å². The van der Waals surface area contributed by atoms with Crippen LogP contribution in [0.1, 0.15) is 6.92 Å². The SMILES string of the molecule is CC1=NN(c2cncc(N)c2)C(=O)C1F. The molecule has 0 saturated carbocycles. The quantitative estimate of drug-likeness (QED) is 0.739. The third-order valence-corrected chi connectivity index (χ3v) is 2.04. The predicted octanol–water partition coefficient (Wildman–Crippen LogP) is 0.724. The number of amides is 1. The van der Waals surface area contributed by atoms with E-state index >= 15 is 0 Å². The molecule has 2 rings (SSSR count). The van der Waals surface area contributed by atoms with Crippen molar-refractivity contribution >= 4 is 23.0 Å². The van der Waals surface area contributed by atoms with E-state index < -0.39 is 12.1 Å². The zero-order valence-electron chi connectivity index (χ0n) is 8.01. The number of nitrogen functional groups attached to an aromatic ring is 1. The number of pyridine rings is 1. The number of hydrazone groups is 1. The van der Waals surface area contributed by atoms with Crippen molar-refractivity contribution < 1.29 is 9.18 Å². The summed E-state index contributed by atoms with van der Waals surface area (Å²) in [6, 6.07) is 1.51. The van der Waals surface area contributed by atoms with Gasteiger partial charge in [0.25, 0.3) is 5.91 Å². The topological polar surface area (TPSA) is 71.6 Å². The molecule has 1 aromatic rings. The van der Waals surface area contributed by atoms with Crippen LogP contribution in [-0.2, 0) is 4.79 Å². The molecule has 0 radical (unpaired) electrons. The second-order valence-corrected chi connectivity index (χ2v) is 3.23. The lowest BCUT2D eigenvalue weighted by atomic mass is 10.2. The van der Waals surface area contributed by atoms with Gasteiger partial charge in [0.05, 0.1) is 23.3 Å². The second-order valence-electron chi connectivity index (χ2n) is 3.23. The van der Waals surface area contributed by atoms with Crippen LogP contribution in [0.3, 0.4) is 0 Å². The number of hydrogen-bond acceptors (Lipinski definition) is 4. The third-order valence-electron chi connectivity index (χ3n) is 2.04. The summed E-state index contributed by atoms with van der Waals surface area (Å²) in [7, 11) is 0. The van der Waals surface area contributed by atoms with Gasteiger partial charge in [-0.1, -0.05) is 0 Å². The van der Waals surface area contributed by atoms with Crippen molar-refractivity contribution in [2.24, 2.45) is 5.10 Å². The third kappa shape index (κ3) is 1.54. The standard InChI is InChI=1S/C9H9FN4O/c1-5-8(10)9(15)14(13-5)7-2-6(11)3-12-4-7/h2-4,8H,11H2,1H3. The maximum absolute atomic E-state index is 13.2. The normalized spacial score (nSPS) is 20.7. The Morgan fingerprint density at radius 2 is 2.27 bits per heavy atom. The van der Waals surface area contributed by atoms with Crippen molar-refractivity contribution in [2.45, 2.75) is 13.1 Å². The summed E-state index contributed by atoms with van der Waals surface area (Å²) in [4.78, 5) is 15.2. The van der Waals surface area contributed by atoms with Gasteiger partial charge in [-0.3, -0.25) is 9.78 Å². The molecule has 1 amide bonds. The molecule has 1 aliphatic heterocycles. The molecule has 0 saturated heterocycles. The van der Waals surface area contributed by atoms with Gasteiger partial charge in [-0.25, -0.2) is 4.39 Å². The number of halogens is 1. The number of aromatic nitrogens is 1. The van der Waals surface area contributed by atoms with E-state index in [2.05, 4.69) is 10.1 Å². The molecule has 0 fully saturated rings. The van der Waals surface area contributed by atoms with E-state index in [1.165, 1.54) is 25.4 Å². The van der Waals surface area contributed by atoms with Crippen LogP contribution in [-0.4, -0.2) is 22.8 Å². The Kier molecular flexibility index (Phi) is 2.11. The highest BCUT2D eigenvalue weighted by Gasteiger charge is 2.34. The lowest BCUT2D eigenvalue weighted by Gasteiger charge is -2.11. The van der Waals surface area contributed by atoms with Gasteiger partial charge in [0.1, 0.15) is 0 Å². The van der Waals surface area contributed by atoms with Crippen LogP contribution in [0.5, 0.6) is 0 Å². The smallest absolute Gasteiger partial charge is 0.287 e. The minimum Gasteiger partial charge on any atom is -0.397 e. The van der Waals surface area contributed by atoms with E-state index in [9.17, 15) is 9.18 Å². The molecule has 0 aromatic carbocycles. The first-order valence-corrected chi connectivity index (χ1v) is 4.33. The lowest BCUT2D eigenvalue weighted by Crippen LogP contribution is -2.28. The summed E-state index contributed by atoms with van der Waals surface area (Å²) in [6.07, 6.45) is 1.18. The molecular weight excluding hydrogens is 199 g/mol. The highest BCUT2D eigenvalue weighted by Crippen LogP contribution is 2.22. The fourth-order valence-electron chi connectivity index (χ4n) is 1.29. The Morgan fingerprint density at radius 3 is 2.80 bits per heavy atom. The first-order chi connectivity index (χ1) is 7.09. The first kappa shape index (κ1) is 9.57. The molecule has 0 aliphatic carbocycles. The van der Waals surface area contributed by atoms with Crippen molar-refractivity contribution in [1.29, 1.82) is 0 Å². The molecule has 1 atom stereocenters. The van der Waals surface area contributed by atoms with Crippen LogP contribution in [0, 0.1) is 0 Å². The minimum atomic E-state index is -1.66. The average Bonchev–Trinajstić information content (AvgIpc) is 2.46. The second kappa shape index (κ2) is 3.30. The molecule has 2 heterocycles. The fourth-order valence-corrected chi connectivity index (χ4v) is 1.29. The van der Waals surface area contributed by atoms with Crippen LogP contribution < -0.4 is 10.7 Å². The first-order valence-electron chi connectivity index (χ1n) is 4.33. The number of carbonyl (C=O) groups excluding carboxylic acids is 1. The monoisotopic (exact) mass is 208 g/mol. The largest absolute Gasteiger partial charge is 0.397 e. The van der Waals surface area contributed by atoms with E-state index in [4.69, 9.17) is 5.73 Å². The molecule has 78 valence electrons. The number of alkyl halides is 1. The number of carbonyl (C=O) groups is 1. The van der Waals surface area contributed by atoms with Gasteiger partial charge >= 0.3 is 0 Å². The summed E-state index contributed by atoms with van der Waals surface area (Å²) in [6.45, 7) is 1.46. The van der Waals surface area contributed by atoms with Crippen LogP contribution >= 0.6 is 0 Å². The number of hydrogen-bond donors (Lipinski definition) is 1. The van der Waals surface area contributed by atoms with Gasteiger partial charge in [-0.05, 0) is 13.0 Å². The molecule has 1 aromatic heterocycles. The molecule has 5 nitrogen and oxygen atoms in total. The van der Waals surface area contributed by atoms with Gasteiger partial charge in [-0.15, -0.1) is 0 Å². The van der Waals surface area contributed by atoms with Crippen molar-refractivity contribution in [1.82, 2.24) is 4.98 Å². The Hall–Kier alpha value is -1.98. The van der Waals surface area contributed by atoms with Gasteiger partial charge in [0, 0.05) is 6.20 Å². The molecule has 15 heavy (non-hydrogen) atoms. The van der Waals surface area contributed by atoms with Crippen molar-refractivity contribution in [3.63, 3.8) is 0 Å². The summed E-state index contributed by atoms with van der Waals surface area (Å²) in [5.74, 6) is -0.708. The van der Waals surface area contributed by atoms with E-state index in [0.29, 0.717) is 11.4 Å². The highest BCUT2D eigenvalue weighted by molar-refractivity contribution is 6.17. The van der Waals surface area contributed by atoms with Crippen LogP contribution in [0.4, 0.5) is 15.8 Å². The number of nitrogens with two attached hydrogens (primary N) is 1. The summed E-state index contributed by atoms with van der Waals surface area (Å²) >= 11 is 0. The Morgan fingerprint density at radius 1 is 1.53 bits per heavy atom. The van der Waals surface area contributed by atoms with E-state index in [1.54, 1.807) is 0 Å². The Bertz CT molecular complexity index is 445. The molecule has 0 bridgehead atoms. The van der Waals surface area contributed by atoms with Crippen molar-refractivity contribution in [3.8, 4) is 0 Å². The molecular formula is C9H9FN4O. The molecule has 1 unspecified atom stereocenters. The minimum absolute atomic E-state index is 0.141. The summed E-state index contributed by atoms with van der Waals surface area (Å²) in [5, 5.41) is 4.77. The van der Waals surface area contributed by atoms with Crippen LogP contribution in [0.15, 0.2) is 23.6 Å². The van der Waals surface area contributed by atoms with Gasteiger partial charge < -0.3 is 5.73 Å². The van der Waals surface area contributed by atoms with Gasteiger partial charge in [0.2, 0.25) is 6.17 Å². The fraction of sp³-hybridized carbons (Fsp3) is 0.222. The zero-order chi connectivity index (χ0) is 11.0. The molecule has 2 N–H and O–H groups in total. The zero-order valence-corrected chi connectivity index (χ0v) is 8.01. The van der Waals surface area contributed by atoms with Crippen LogP contribution in [0.2, 0.25) is 0 Å². The number of anilines is 2. The lowest BCUT2D eigenvalue weighted by molar-refractivity contribution is -0.120. The van der Waals surface area contributed by atoms with Crippen molar-refractivity contribution in [3.05, 3.63) is 18.5 Å².